The summed E-state index contributed by atoms with van der Waals surface area (Å²) in [4.78, 5) is 18.8. The second-order valence-electron chi connectivity index (χ2n) is 5.17. The minimum atomic E-state index is -0.369. The number of hydrogen-bond donors (Lipinski definition) is 1. The van der Waals surface area contributed by atoms with Crippen LogP contribution in [-0.2, 0) is 5.41 Å². The first-order valence-electron chi connectivity index (χ1n) is 6.32. The molecule has 1 aromatic carbocycles. The molecule has 0 radical (unpaired) electrons. The summed E-state index contributed by atoms with van der Waals surface area (Å²) in [6, 6.07) is 6.73. The van der Waals surface area contributed by atoms with Crippen molar-refractivity contribution in [2.24, 2.45) is 0 Å². The molecular formula is C14H17N3O2S. The zero-order chi connectivity index (χ0) is 14.8. The number of non-ortho nitro benzene ring substituents is 1. The molecule has 1 atom stereocenters. The molecule has 1 aromatic heterocycles. The Labute approximate surface area is 122 Å². The Morgan fingerprint density at radius 1 is 1.45 bits per heavy atom. The van der Waals surface area contributed by atoms with Crippen molar-refractivity contribution < 1.29 is 4.92 Å². The average molecular weight is 291 g/mol. The summed E-state index contributed by atoms with van der Waals surface area (Å²) >= 11 is 1.62. The van der Waals surface area contributed by atoms with Crippen molar-refractivity contribution in [3.8, 4) is 0 Å². The van der Waals surface area contributed by atoms with Crippen LogP contribution >= 0.6 is 11.8 Å². The van der Waals surface area contributed by atoms with Gasteiger partial charge in [-0.15, -0.1) is 11.8 Å². The van der Waals surface area contributed by atoms with Crippen LogP contribution in [0.5, 0.6) is 0 Å². The van der Waals surface area contributed by atoms with E-state index >= 15 is 0 Å². The second kappa shape index (κ2) is 5.66. The van der Waals surface area contributed by atoms with Crippen LogP contribution in [0.2, 0.25) is 0 Å². The lowest BCUT2D eigenvalue weighted by molar-refractivity contribution is -0.385. The van der Waals surface area contributed by atoms with Gasteiger partial charge in [0.2, 0.25) is 0 Å². The van der Waals surface area contributed by atoms with Gasteiger partial charge < -0.3 is 4.98 Å². The van der Waals surface area contributed by atoms with Crippen LogP contribution in [0.15, 0.2) is 41.6 Å². The number of nitrogens with zero attached hydrogens (tertiary/aromatic N) is 2. The Bertz CT molecular complexity index is 596. The number of H-pyrrole nitrogens is 1. The maximum Gasteiger partial charge on any atom is 0.270 e. The summed E-state index contributed by atoms with van der Waals surface area (Å²) in [6.45, 7) is 6.33. The zero-order valence-corrected chi connectivity index (χ0v) is 12.5. The van der Waals surface area contributed by atoms with Crippen LogP contribution in [0.1, 0.15) is 26.6 Å². The van der Waals surface area contributed by atoms with Gasteiger partial charge in [0.25, 0.3) is 5.69 Å². The molecule has 1 heterocycles. The molecule has 0 aliphatic carbocycles. The molecule has 2 aromatic rings. The summed E-state index contributed by atoms with van der Waals surface area (Å²) in [5.41, 5.74) is -0.0308. The summed E-state index contributed by atoms with van der Waals surface area (Å²) < 4.78 is 0. The SMILES string of the molecule is CC(Sc1cccc([N+](=O)[O-])c1)C(C)(C)c1ncc[nH]1. The summed E-state index contributed by atoms with van der Waals surface area (Å²) in [7, 11) is 0. The fourth-order valence-corrected chi connectivity index (χ4v) is 2.99. The molecule has 106 valence electrons. The van der Waals surface area contributed by atoms with Gasteiger partial charge in [-0.1, -0.05) is 26.8 Å². The first kappa shape index (κ1) is 14.6. The zero-order valence-electron chi connectivity index (χ0n) is 11.7. The van der Waals surface area contributed by atoms with E-state index < -0.39 is 0 Å². The van der Waals surface area contributed by atoms with Crippen LogP contribution in [0.3, 0.4) is 0 Å². The molecule has 1 unspecified atom stereocenters. The van der Waals surface area contributed by atoms with Crippen molar-refractivity contribution in [2.45, 2.75) is 36.3 Å². The predicted molar refractivity (Wildman–Crippen MR) is 80.0 cm³/mol. The van der Waals surface area contributed by atoms with Gasteiger partial charge in [0.15, 0.2) is 0 Å². The standard InChI is InChI=1S/C14H17N3O2S/c1-10(14(2,3)13-15-7-8-16-13)20-12-6-4-5-11(9-12)17(18)19/h4-10H,1-3H3,(H,15,16). The van der Waals surface area contributed by atoms with Gasteiger partial charge in [-0.25, -0.2) is 4.98 Å². The van der Waals surface area contributed by atoms with Crippen LogP contribution in [0.4, 0.5) is 5.69 Å². The third-order valence-electron chi connectivity index (χ3n) is 3.47. The van der Waals surface area contributed by atoms with Gasteiger partial charge in [-0.2, -0.15) is 0 Å². The molecule has 0 aliphatic heterocycles. The first-order chi connectivity index (χ1) is 9.41. The molecule has 5 nitrogen and oxygen atoms in total. The van der Waals surface area contributed by atoms with Crippen LogP contribution < -0.4 is 0 Å². The highest BCUT2D eigenvalue weighted by atomic mass is 32.2. The van der Waals surface area contributed by atoms with Gasteiger partial charge in [-0.3, -0.25) is 10.1 Å². The van der Waals surface area contributed by atoms with Crippen molar-refractivity contribution in [1.82, 2.24) is 9.97 Å². The van der Waals surface area contributed by atoms with Gasteiger partial charge in [0, 0.05) is 40.1 Å². The topological polar surface area (TPSA) is 71.8 Å². The monoisotopic (exact) mass is 291 g/mol. The Morgan fingerprint density at radius 3 is 2.80 bits per heavy atom. The molecular weight excluding hydrogens is 274 g/mol. The summed E-state index contributed by atoms with van der Waals surface area (Å²) in [5, 5.41) is 11.0. The molecule has 6 heteroatoms. The van der Waals surface area contributed by atoms with Crippen molar-refractivity contribution in [1.29, 1.82) is 0 Å². The molecule has 1 N–H and O–H groups in total. The van der Waals surface area contributed by atoms with Crippen molar-refractivity contribution >= 4 is 17.4 Å². The summed E-state index contributed by atoms with van der Waals surface area (Å²) in [5.74, 6) is 0.919. The van der Waals surface area contributed by atoms with E-state index in [4.69, 9.17) is 0 Å². The van der Waals surface area contributed by atoms with Gasteiger partial charge in [-0.05, 0) is 6.07 Å². The number of aromatic nitrogens is 2. The van der Waals surface area contributed by atoms with Gasteiger partial charge >= 0.3 is 0 Å². The maximum absolute atomic E-state index is 10.8. The summed E-state index contributed by atoms with van der Waals surface area (Å²) in [6.07, 6.45) is 3.55. The fraction of sp³-hybridized carbons (Fsp3) is 0.357. The van der Waals surface area contributed by atoms with E-state index in [-0.39, 0.29) is 21.3 Å². The minimum absolute atomic E-state index is 0.123. The smallest absolute Gasteiger partial charge is 0.270 e. The number of nitrogens with one attached hydrogen (secondary N) is 1. The number of nitro benzene ring substituents is 1. The number of nitro groups is 1. The number of thioether (sulfide) groups is 1. The van der Waals surface area contributed by atoms with Crippen molar-refractivity contribution in [3.05, 3.63) is 52.6 Å². The van der Waals surface area contributed by atoms with Crippen LogP contribution in [0.25, 0.3) is 0 Å². The van der Waals surface area contributed by atoms with E-state index in [1.165, 1.54) is 6.07 Å². The van der Waals surface area contributed by atoms with Crippen LogP contribution in [-0.4, -0.2) is 20.1 Å². The third kappa shape index (κ3) is 3.01. The molecule has 0 saturated carbocycles. The number of rotatable bonds is 5. The lowest BCUT2D eigenvalue weighted by atomic mass is 9.89. The largest absolute Gasteiger partial charge is 0.348 e. The molecule has 20 heavy (non-hydrogen) atoms. The van der Waals surface area contributed by atoms with E-state index in [2.05, 4.69) is 30.7 Å². The van der Waals surface area contributed by atoms with Crippen molar-refractivity contribution in [2.75, 3.05) is 0 Å². The number of benzene rings is 1. The molecule has 0 bridgehead atoms. The minimum Gasteiger partial charge on any atom is -0.348 e. The van der Waals surface area contributed by atoms with E-state index in [0.29, 0.717) is 0 Å². The van der Waals surface area contributed by atoms with E-state index in [9.17, 15) is 10.1 Å². The quantitative estimate of drug-likeness (QED) is 0.517. The normalized spacial score (nSPS) is 13.2. The molecule has 2 rings (SSSR count). The predicted octanol–water partition coefficient (Wildman–Crippen LogP) is 3.78. The Kier molecular flexibility index (Phi) is 4.13. The number of hydrogen-bond acceptors (Lipinski definition) is 4. The first-order valence-corrected chi connectivity index (χ1v) is 7.20. The van der Waals surface area contributed by atoms with Crippen molar-refractivity contribution in [3.63, 3.8) is 0 Å². The third-order valence-corrected chi connectivity index (χ3v) is 4.94. The highest BCUT2D eigenvalue weighted by molar-refractivity contribution is 8.00. The molecule has 0 aliphatic rings. The molecule has 0 fully saturated rings. The molecule has 0 amide bonds. The average Bonchev–Trinajstić information content (AvgIpc) is 2.93. The Balaban J connectivity index is 2.17. The van der Waals surface area contributed by atoms with E-state index in [1.54, 1.807) is 30.1 Å². The molecule has 0 saturated heterocycles. The highest BCUT2D eigenvalue weighted by Crippen LogP contribution is 2.37. The lowest BCUT2D eigenvalue weighted by Crippen LogP contribution is -2.30. The number of imidazole rings is 1. The molecule has 0 spiro atoms. The van der Waals surface area contributed by atoms with Gasteiger partial charge in [0.05, 0.1) is 4.92 Å². The van der Waals surface area contributed by atoms with E-state index in [1.807, 2.05) is 12.3 Å². The van der Waals surface area contributed by atoms with Gasteiger partial charge in [0.1, 0.15) is 5.82 Å². The number of aromatic amines is 1. The van der Waals surface area contributed by atoms with Crippen LogP contribution in [0, 0.1) is 10.1 Å². The highest BCUT2D eigenvalue weighted by Gasteiger charge is 2.31. The Morgan fingerprint density at radius 2 is 2.20 bits per heavy atom. The fourth-order valence-electron chi connectivity index (χ4n) is 1.83. The maximum atomic E-state index is 10.8. The van der Waals surface area contributed by atoms with E-state index in [0.717, 1.165) is 10.7 Å². The Hall–Kier alpha value is -1.82. The second-order valence-corrected chi connectivity index (χ2v) is 6.59. The lowest BCUT2D eigenvalue weighted by Gasteiger charge is -2.29.